The van der Waals surface area contributed by atoms with E-state index in [0.717, 1.165) is 60.8 Å². The van der Waals surface area contributed by atoms with Gasteiger partial charge < -0.3 is 0 Å². The lowest BCUT2D eigenvalue weighted by Crippen LogP contribution is -2.04. The zero-order chi connectivity index (χ0) is 31.8. The first-order chi connectivity index (χ1) is 23.7. The van der Waals surface area contributed by atoms with Crippen molar-refractivity contribution in [2.75, 3.05) is 0 Å². The number of fused-ring (bicyclic) bond motifs is 9. The highest BCUT2D eigenvalue weighted by atomic mass is 35.5. The highest BCUT2D eigenvalue weighted by Gasteiger charge is 2.22. The Morgan fingerprint density at radius 1 is 0.542 bits per heavy atom. The first kappa shape index (κ1) is 27.7. The molecule has 0 aliphatic heterocycles. The molecular formula is C43H26ClN3S. The molecule has 5 heteroatoms. The lowest BCUT2D eigenvalue weighted by Gasteiger charge is -2.19. The number of halogens is 1. The summed E-state index contributed by atoms with van der Waals surface area (Å²) in [4.78, 5) is 16.0. The summed E-state index contributed by atoms with van der Waals surface area (Å²) in [6.07, 6.45) is 6.52. The average molecular weight is 652 g/mol. The Labute approximate surface area is 285 Å². The molecule has 48 heavy (non-hydrogen) atoms. The van der Waals surface area contributed by atoms with E-state index in [4.69, 9.17) is 26.6 Å². The van der Waals surface area contributed by atoms with E-state index in [1.807, 2.05) is 6.07 Å². The molecular weight excluding hydrogens is 626 g/mol. The summed E-state index contributed by atoms with van der Waals surface area (Å²) < 4.78 is 2.23. The molecule has 0 saturated heterocycles. The predicted octanol–water partition coefficient (Wildman–Crippen LogP) is 12.3. The summed E-state index contributed by atoms with van der Waals surface area (Å²) >= 11 is 8.56. The van der Waals surface area contributed by atoms with Gasteiger partial charge in [0.15, 0.2) is 17.5 Å². The Balaban J connectivity index is 1.33. The molecule has 9 aromatic rings. The van der Waals surface area contributed by atoms with E-state index in [-0.39, 0.29) is 0 Å². The highest BCUT2D eigenvalue weighted by molar-refractivity contribution is 7.26. The van der Waals surface area contributed by atoms with E-state index < -0.39 is 0 Å². The van der Waals surface area contributed by atoms with Crippen LogP contribution in [-0.4, -0.2) is 15.0 Å². The van der Waals surface area contributed by atoms with E-state index in [1.165, 1.54) is 37.4 Å². The molecule has 1 aliphatic rings. The van der Waals surface area contributed by atoms with Crippen LogP contribution in [0.4, 0.5) is 0 Å². The lowest BCUT2D eigenvalue weighted by atomic mass is 9.88. The van der Waals surface area contributed by atoms with Crippen molar-refractivity contribution < 1.29 is 0 Å². The number of hydrogen-bond acceptors (Lipinski definition) is 4. The van der Waals surface area contributed by atoms with E-state index in [0.29, 0.717) is 17.5 Å². The molecule has 7 aromatic carbocycles. The number of aryl methyl sites for hydroxylation is 1. The second-order valence-corrected chi connectivity index (χ2v) is 13.8. The van der Waals surface area contributed by atoms with Crippen LogP contribution in [0.3, 0.4) is 0 Å². The fourth-order valence-electron chi connectivity index (χ4n) is 7.47. The molecule has 0 atom stereocenters. The average Bonchev–Trinajstić information content (AvgIpc) is 3.55. The van der Waals surface area contributed by atoms with Crippen LogP contribution in [0.1, 0.15) is 17.5 Å². The second-order valence-electron chi connectivity index (χ2n) is 12.4. The van der Waals surface area contributed by atoms with Gasteiger partial charge in [-0.05, 0) is 86.6 Å². The van der Waals surface area contributed by atoms with Crippen molar-refractivity contribution in [1.29, 1.82) is 0 Å². The van der Waals surface area contributed by atoms with Crippen LogP contribution in [0.2, 0.25) is 5.02 Å². The van der Waals surface area contributed by atoms with Gasteiger partial charge in [-0.2, -0.15) is 0 Å². The molecule has 1 aliphatic carbocycles. The molecule has 10 rings (SSSR count). The maximum Gasteiger partial charge on any atom is 0.164 e. The van der Waals surface area contributed by atoms with E-state index in [1.54, 1.807) is 11.3 Å². The third kappa shape index (κ3) is 4.23. The summed E-state index contributed by atoms with van der Waals surface area (Å²) in [5.74, 6) is 1.96. The lowest BCUT2D eigenvalue weighted by molar-refractivity contribution is 0.994. The molecule has 0 N–H and O–H groups in total. The molecule has 0 spiro atoms. The van der Waals surface area contributed by atoms with Crippen molar-refractivity contribution in [2.45, 2.75) is 12.8 Å². The highest BCUT2D eigenvalue weighted by Crippen LogP contribution is 2.44. The third-order valence-corrected chi connectivity index (χ3v) is 11.3. The van der Waals surface area contributed by atoms with Gasteiger partial charge in [-0.15, -0.1) is 11.3 Å². The van der Waals surface area contributed by atoms with Gasteiger partial charge in [-0.25, -0.2) is 15.0 Å². The third-order valence-electron chi connectivity index (χ3n) is 9.65. The normalized spacial score (nSPS) is 12.9. The van der Waals surface area contributed by atoms with Gasteiger partial charge in [0, 0.05) is 32.2 Å². The number of aromatic nitrogens is 3. The monoisotopic (exact) mass is 651 g/mol. The molecule has 226 valence electrons. The Morgan fingerprint density at radius 2 is 1.15 bits per heavy atom. The number of allylic oxidation sites excluding steroid dienone is 1. The van der Waals surface area contributed by atoms with Crippen molar-refractivity contribution in [3.8, 4) is 34.2 Å². The zero-order valence-corrected chi connectivity index (χ0v) is 27.3. The first-order valence-electron chi connectivity index (χ1n) is 16.2. The molecule has 0 bridgehead atoms. The van der Waals surface area contributed by atoms with Gasteiger partial charge in [-0.1, -0.05) is 115 Å². The van der Waals surface area contributed by atoms with Gasteiger partial charge in [0.05, 0.1) is 9.72 Å². The molecule has 0 amide bonds. The second kappa shape index (κ2) is 10.8. The van der Waals surface area contributed by atoms with Crippen molar-refractivity contribution in [3.63, 3.8) is 0 Å². The van der Waals surface area contributed by atoms with Crippen LogP contribution in [0.5, 0.6) is 0 Å². The summed E-state index contributed by atoms with van der Waals surface area (Å²) in [5.41, 5.74) is 5.50. The fraction of sp³-hybridized carbons (Fsp3) is 0.0465. The zero-order valence-electron chi connectivity index (χ0n) is 25.7. The molecule has 2 aromatic heterocycles. The van der Waals surface area contributed by atoms with Gasteiger partial charge in [-0.3, -0.25) is 0 Å². The Bertz CT molecular complexity index is 2810. The molecule has 0 radical (unpaired) electrons. The first-order valence-corrected chi connectivity index (χ1v) is 17.4. The standard InChI is InChI=1S/C43H26ClN3S/c44-37-22-21-34(39-33-19-9-10-20-38(33)48-40(37)39)41-45-42(35-23-25-11-1-3-13-27(25)29-15-5-7-17-31(29)35)47-43(46-41)36-24-26-12-2-4-14-28(26)30-16-6-8-18-32(30)36/h1-5,7-15,17-24H,6,16H2. The van der Waals surface area contributed by atoms with Gasteiger partial charge in [0.25, 0.3) is 0 Å². The van der Waals surface area contributed by atoms with Crippen LogP contribution in [0.25, 0.3) is 92.7 Å². The minimum atomic E-state index is 0.638. The van der Waals surface area contributed by atoms with Crippen molar-refractivity contribution in [3.05, 3.63) is 144 Å². The van der Waals surface area contributed by atoms with Crippen molar-refractivity contribution in [2.24, 2.45) is 0 Å². The molecule has 3 nitrogen and oxygen atoms in total. The summed E-state index contributed by atoms with van der Waals surface area (Å²) in [6.45, 7) is 0. The van der Waals surface area contributed by atoms with Crippen LogP contribution < -0.4 is 0 Å². The smallest absolute Gasteiger partial charge is 0.164 e. The summed E-state index contributed by atoms with van der Waals surface area (Å²) in [7, 11) is 0. The van der Waals surface area contributed by atoms with E-state index in [2.05, 4.69) is 127 Å². The topological polar surface area (TPSA) is 38.7 Å². The van der Waals surface area contributed by atoms with Crippen molar-refractivity contribution >= 4 is 81.5 Å². The maximum absolute atomic E-state index is 6.85. The van der Waals surface area contributed by atoms with Gasteiger partial charge >= 0.3 is 0 Å². The summed E-state index contributed by atoms with van der Waals surface area (Å²) in [6, 6.07) is 42.8. The predicted molar refractivity (Wildman–Crippen MR) is 204 cm³/mol. The van der Waals surface area contributed by atoms with Crippen LogP contribution >= 0.6 is 22.9 Å². The Kier molecular flexibility index (Phi) is 6.23. The summed E-state index contributed by atoms with van der Waals surface area (Å²) in [5, 5.41) is 10.1. The molecule has 0 fully saturated rings. The van der Waals surface area contributed by atoms with E-state index >= 15 is 0 Å². The minimum absolute atomic E-state index is 0.638. The maximum atomic E-state index is 6.85. The number of hydrogen-bond donors (Lipinski definition) is 0. The Morgan fingerprint density at radius 3 is 1.96 bits per heavy atom. The molecule has 2 heterocycles. The van der Waals surface area contributed by atoms with Crippen LogP contribution in [0.15, 0.2) is 127 Å². The van der Waals surface area contributed by atoms with Crippen LogP contribution in [-0.2, 0) is 6.42 Å². The molecule has 0 unspecified atom stereocenters. The Hall–Kier alpha value is -5.42. The quantitative estimate of drug-likeness (QED) is 0.178. The van der Waals surface area contributed by atoms with Crippen molar-refractivity contribution in [1.82, 2.24) is 15.0 Å². The fourth-order valence-corrected chi connectivity index (χ4v) is 8.88. The van der Waals surface area contributed by atoms with Gasteiger partial charge in [0.1, 0.15) is 0 Å². The number of rotatable bonds is 3. The number of thiophene rings is 1. The minimum Gasteiger partial charge on any atom is -0.208 e. The molecule has 0 saturated carbocycles. The SMILES string of the molecule is Clc1ccc(-c2nc(-c3cc4ccccc4c4c3C=CCC4)nc(-c3cc4ccccc4c4ccccc34)n2)c2c1sc1ccccc12. The number of benzene rings is 7. The van der Waals surface area contributed by atoms with Crippen LogP contribution in [0, 0.1) is 0 Å². The van der Waals surface area contributed by atoms with E-state index in [9.17, 15) is 0 Å². The van der Waals surface area contributed by atoms with Gasteiger partial charge in [0.2, 0.25) is 0 Å². The number of nitrogens with zero attached hydrogens (tertiary/aromatic N) is 3. The largest absolute Gasteiger partial charge is 0.208 e.